The summed E-state index contributed by atoms with van der Waals surface area (Å²) in [4.78, 5) is 20.5. The number of hydrogen-bond acceptors (Lipinski definition) is 4. The van der Waals surface area contributed by atoms with Gasteiger partial charge in [-0.2, -0.15) is 0 Å². The molecule has 0 spiro atoms. The second-order valence-electron chi connectivity index (χ2n) is 6.71. The number of nitrogens with zero attached hydrogens (tertiary/aromatic N) is 3. The molecule has 0 bridgehead atoms. The van der Waals surface area contributed by atoms with Crippen molar-refractivity contribution in [1.82, 2.24) is 14.5 Å². The van der Waals surface area contributed by atoms with Gasteiger partial charge in [0.05, 0.1) is 24.8 Å². The predicted molar refractivity (Wildman–Crippen MR) is 99.9 cm³/mol. The molecule has 27 heavy (non-hydrogen) atoms. The zero-order valence-electron chi connectivity index (χ0n) is 15.1. The summed E-state index contributed by atoms with van der Waals surface area (Å²) < 4.78 is 20.8. The maximum atomic E-state index is 13.4. The summed E-state index contributed by atoms with van der Waals surface area (Å²) in [5.74, 6) is 0.553. The second-order valence-corrected chi connectivity index (χ2v) is 6.71. The van der Waals surface area contributed by atoms with Crippen molar-refractivity contribution in [2.24, 2.45) is 0 Å². The number of ketones is 1. The molecule has 1 fully saturated rings. The van der Waals surface area contributed by atoms with Gasteiger partial charge in [0.1, 0.15) is 11.6 Å². The molecule has 5 nitrogen and oxygen atoms in total. The number of Topliss-reactive ketones (excluding diaryl/α,β-unsaturated/α-hetero) is 1. The van der Waals surface area contributed by atoms with E-state index in [1.165, 1.54) is 12.1 Å². The molecule has 0 radical (unpaired) electrons. The van der Waals surface area contributed by atoms with Crippen LogP contribution in [-0.4, -0.2) is 27.4 Å². The molecule has 1 saturated carbocycles. The van der Waals surface area contributed by atoms with E-state index in [0.717, 1.165) is 35.4 Å². The molecule has 1 aliphatic carbocycles. The van der Waals surface area contributed by atoms with Crippen LogP contribution in [0, 0.1) is 5.82 Å². The molecule has 4 rings (SSSR count). The van der Waals surface area contributed by atoms with Crippen LogP contribution in [0.15, 0.2) is 48.9 Å². The maximum absolute atomic E-state index is 13.4. The fourth-order valence-corrected chi connectivity index (χ4v) is 3.61. The molecule has 6 heteroatoms. The summed E-state index contributed by atoms with van der Waals surface area (Å²) in [5, 5.41) is 0. The predicted octanol–water partition coefficient (Wildman–Crippen LogP) is 4.44. The topological polar surface area (TPSA) is 57.0 Å². The molecule has 2 heterocycles. The summed E-state index contributed by atoms with van der Waals surface area (Å²) in [7, 11) is 1.58. The lowest BCUT2D eigenvalue weighted by Crippen LogP contribution is -2.18. The summed E-state index contributed by atoms with van der Waals surface area (Å²) in [6, 6.07) is 10.3. The van der Waals surface area contributed by atoms with Crippen molar-refractivity contribution in [3.05, 3.63) is 54.7 Å². The van der Waals surface area contributed by atoms with Crippen LogP contribution in [0.3, 0.4) is 0 Å². The van der Waals surface area contributed by atoms with Gasteiger partial charge in [-0.25, -0.2) is 14.4 Å². The van der Waals surface area contributed by atoms with Gasteiger partial charge < -0.3 is 9.30 Å². The number of benzene rings is 1. The molecule has 0 unspecified atom stereocenters. The average molecular weight is 365 g/mol. The van der Waals surface area contributed by atoms with E-state index < -0.39 is 0 Å². The van der Waals surface area contributed by atoms with Crippen LogP contribution in [-0.2, 0) is 4.79 Å². The Morgan fingerprint density at radius 2 is 1.81 bits per heavy atom. The molecule has 3 aromatic rings. The third-order valence-corrected chi connectivity index (χ3v) is 5.04. The lowest BCUT2D eigenvalue weighted by atomic mass is 9.93. The van der Waals surface area contributed by atoms with E-state index in [1.807, 2.05) is 18.5 Å². The maximum Gasteiger partial charge on any atom is 0.213 e. The van der Waals surface area contributed by atoms with Crippen molar-refractivity contribution in [3.8, 4) is 28.4 Å². The van der Waals surface area contributed by atoms with Gasteiger partial charge in [0.2, 0.25) is 5.88 Å². The van der Waals surface area contributed by atoms with Crippen LogP contribution in [0.1, 0.15) is 31.7 Å². The van der Waals surface area contributed by atoms with E-state index in [1.54, 1.807) is 25.4 Å². The van der Waals surface area contributed by atoms with Gasteiger partial charge >= 0.3 is 0 Å². The van der Waals surface area contributed by atoms with Crippen LogP contribution in [0.25, 0.3) is 22.5 Å². The molecule has 0 N–H and O–H groups in total. The molecule has 0 saturated heterocycles. The Kier molecular flexibility index (Phi) is 4.71. The Morgan fingerprint density at radius 3 is 2.52 bits per heavy atom. The van der Waals surface area contributed by atoms with Crippen LogP contribution >= 0.6 is 0 Å². The van der Waals surface area contributed by atoms with E-state index >= 15 is 0 Å². The first-order valence-electron chi connectivity index (χ1n) is 9.00. The normalized spacial score (nSPS) is 15.1. The van der Waals surface area contributed by atoms with Gasteiger partial charge in [-0.1, -0.05) is 0 Å². The third-order valence-electron chi connectivity index (χ3n) is 5.04. The molecule has 0 amide bonds. The van der Waals surface area contributed by atoms with E-state index in [-0.39, 0.29) is 11.9 Å². The number of carbonyl (C=O) groups is 1. The van der Waals surface area contributed by atoms with Crippen LogP contribution in [0.4, 0.5) is 4.39 Å². The molecular formula is C21H20FN3O2. The van der Waals surface area contributed by atoms with E-state index in [0.29, 0.717) is 24.5 Å². The molecule has 2 aromatic heterocycles. The van der Waals surface area contributed by atoms with E-state index in [2.05, 4.69) is 14.5 Å². The summed E-state index contributed by atoms with van der Waals surface area (Å²) in [6.07, 6.45) is 6.30. The molecular weight excluding hydrogens is 345 g/mol. The second kappa shape index (κ2) is 7.31. The lowest BCUT2D eigenvalue weighted by molar-refractivity contribution is -0.120. The summed E-state index contributed by atoms with van der Waals surface area (Å²) in [5.41, 5.74) is 3.48. The number of ether oxygens (including phenoxy) is 1. The number of aromatic nitrogens is 3. The van der Waals surface area contributed by atoms with Crippen LogP contribution in [0.5, 0.6) is 5.88 Å². The highest BCUT2D eigenvalue weighted by Gasteiger charge is 2.25. The van der Waals surface area contributed by atoms with E-state index in [9.17, 15) is 9.18 Å². The van der Waals surface area contributed by atoms with Crippen molar-refractivity contribution < 1.29 is 13.9 Å². The van der Waals surface area contributed by atoms with Gasteiger partial charge in [0.25, 0.3) is 0 Å². The SMILES string of the molecule is COc1cc(-c2c(-c3ccc(F)cc3)ncn2C2CCC(=O)CC2)ccn1. The Morgan fingerprint density at radius 1 is 1.07 bits per heavy atom. The minimum atomic E-state index is -0.281. The fraction of sp³-hybridized carbons (Fsp3) is 0.286. The summed E-state index contributed by atoms with van der Waals surface area (Å²) >= 11 is 0. The highest BCUT2D eigenvalue weighted by molar-refractivity contribution is 5.80. The number of methoxy groups -OCH3 is 1. The molecule has 0 atom stereocenters. The Hall–Kier alpha value is -3.02. The molecule has 0 aliphatic heterocycles. The molecule has 1 aromatic carbocycles. The van der Waals surface area contributed by atoms with Gasteiger partial charge in [-0.15, -0.1) is 0 Å². The minimum Gasteiger partial charge on any atom is -0.481 e. The minimum absolute atomic E-state index is 0.207. The van der Waals surface area contributed by atoms with Crippen molar-refractivity contribution in [2.75, 3.05) is 7.11 Å². The zero-order chi connectivity index (χ0) is 18.8. The highest BCUT2D eigenvalue weighted by Crippen LogP contribution is 2.37. The quantitative estimate of drug-likeness (QED) is 0.686. The molecule has 1 aliphatic rings. The fourth-order valence-electron chi connectivity index (χ4n) is 3.61. The van der Waals surface area contributed by atoms with Crippen LogP contribution in [0.2, 0.25) is 0 Å². The Bertz CT molecular complexity index is 956. The highest BCUT2D eigenvalue weighted by atomic mass is 19.1. The van der Waals surface area contributed by atoms with Crippen molar-refractivity contribution in [1.29, 1.82) is 0 Å². The van der Waals surface area contributed by atoms with Crippen molar-refractivity contribution in [3.63, 3.8) is 0 Å². The largest absolute Gasteiger partial charge is 0.481 e. The van der Waals surface area contributed by atoms with Crippen LogP contribution < -0.4 is 4.74 Å². The standard InChI is InChI=1S/C21H20FN3O2/c1-27-19-12-15(10-11-23-19)21-20(14-2-4-16(22)5-3-14)24-13-25(21)17-6-8-18(26)9-7-17/h2-5,10-13,17H,6-9H2,1H3. The Labute approximate surface area is 156 Å². The Balaban J connectivity index is 1.84. The van der Waals surface area contributed by atoms with Gasteiger partial charge in [0.15, 0.2) is 0 Å². The average Bonchev–Trinajstić information content (AvgIpc) is 3.14. The third kappa shape index (κ3) is 3.47. The number of carbonyl (C=O) groups excluding carboxylic acids is 1. The number of halogens is 1. The molecule has 138 valence electrons. The lowest BCUT2D eigenvalue weighted by Gasteiger charge is -2.24. The van der Waals surface area contributed by atoms with Gasteiger partial charge in [-0.3, -0.25) is 4.79 Å². The summed E-state index contributed by atoms with van der Waals surface area (Å²) in [6.45, 7) is 0. The number of hydrogen-bond donors (Lipinski definition) is 0. The monoisotopic (exact) mass is 365 g/mol. The van der Waals surface area contributed by atoms with Gasteiger partial charge in [0, 0.05) is 42.3 Å². The zero-order valence-corrected chi connectivity index (χ0v) is 15.1. The number of imidazole rings is 1. The first-order chi connectivity index (χ1) is 13.2. The number of rotatable bonds is 4. The van der Waals surface area contributed by atoms with Crippen molar-refractivity contribution >= 4 is 5.78 Å². The first-order valence-corrected chi connectivity index (χ1v) is 9.00. The smallest absolute Gasteiger partial charge is 0.213 e. The van der Waals surface area contributed by atoms with Gasteiger partial charge in [-0.05, 0) is 43.2 Å². The number of pyridine rings is 1. The van der Waals surface area contributed by atoms with Crippen molar-refractivity contribution in [2.45, 2.75) is 31.7 Å². The first kappa shape index (κ1) is 17.4. The van der Waals surface area contributed by atoms with E-state index in [4.69, 9.17) is 4.74 Å².